The number of nitrogens with zero attached hydrogens (tertiary/aromatic N) is 5. The van der Waals surface area contributed by atoms with E-state index < -0.39 is 0 Å². The lowest BCUT2D eigenvalue weighted by molar-refractivity contribution is 0.290. The fourth-order valence-electron chi connectivity index (χ4n) is 2.55. The van der Waals surface area contributed by atoms with Crippen molar-refractivity contribution in [1.29, 1.82) is 0 Å². The Morgan fingerprint density at radius 1 is 1.26 bits per heavy atom. The maximum Gasteiger partial charge on any atom is 0.258 e. The molecule has 3 heterocycles. The van der Waals surface area contributed by atoms with Gasteiger partial charge in [-0.05, 0) is 24.6 Å². The smallest absolute Gasteiger partial charge is 0.258 e. The van der Waals surface area contributed by atoms with E-state index in [1.807, 2.05) is 48.2 Å². The molecule has 0 bridgehead atoms. The van der Waals surface area contributed by atoms with Gasteiger partial charge in [0.2, 0.25) is 0 Å². The summed E-state index contributed by atoms with van der Waals surface area (Å²) in [7, 11) is 1.90. The van der Waals surface area contributed by atoms with Crippen LogP contribution < -0.4 is 10.3 Å². The van der Waals surface area contributed by atoms with Gasteiger partial charge in [-0.1, -0.05) is 23.9 Å². The van der Waals surface area contributed by atoms with Crippen LogP contribution in [0.1, 0.15) is 17.1 Å². The number of benzene rings is 1. The van der Waals surface area contributed by atoms with Gasteiger partial charge in [-0.2, -0.15) is 0 Å². The average molecular weight is 400 g/mol. The normalized spacial score (nSPS) is 11.2. The lowest BCUT2D eigenvalue weighted by Gasteiger charge is -2.07. The number of aromatic nitrogens is 5. The van der Waals surface area contributed by atoms with Gasteiger partial charge in [-0.25, -0.2) is 4.98 Å². The molecule has 0 aliphatic rings. The summed E-state index contributed by atoms with van der Waals surface area (Å²) in [5.41, 5.74) is 1.81. The van der Waals surface area contributed by atoms with Crippen LogP contribution in [0.5, 0.6) is 5.75 Å². The molecule has 0 saturated carbocycles. The van der Waals surface area contributed by atoms with E-state index in [1.54, 1.807) is 16.7 Å². The molecule has 7 nitrogen and oxygen atoms in total. The first-order valence-electron chi connectivity index (χ1n) is 8.26. The Labute approximate surface area is 163 Å². The highest BCUT2D eigenvalue weighted by Crippen LogP contribution is 2.21. The molecule has 4 aromatic rings. The number of rotatable bonds is 6. The summed E-state index contributed by atoms with van der Waals surface area (Å²) in [5, 5.41) is 11.0. The lowest BCUT2D eigenvalue weighted by Crippen LogP contribution is -2.12. The van der Waals surface area contributed by atoms with Crippen LogP contribution >= 0.6 is 23.1 Å². The molecule has 0 aliphatic carbocycles. The SMILES string of the molecule is Cc1cccc(OCc2nnc(SCc3cc(=O)n4ccsc4n3)n2C)c1. The quantitative estimate of drug-likeness (QED) is 0.464. The van der Waals surface area contributed by atoms with E-state index in [0.717, 1.165) is 28.0 Å². The Morgan fingerprint density at radius 3 is 3.00 bits per heavy atom. The summed E-state index contributed by atoms with van der Waals surface area (Å²) in [6, 6.07) is 9.45. The Hall–Kier alpha value is -2.65. The van der Waals surface area contributed by atoms with E-state index in [2.05, 4.69) is 15.2 Å². The molecule has 138 valence electrons. The number of fused-ring (bicyclic) bond motifs is 1. The topological polar surface area (TPSA) is 74.3 Å². The van der Waals surface area contributed by atoms with Crippen LogP contribution in [0.25, 0.3) is 4.96 Å². The van der Waals surface area contributed by atoms with Gasteiger partial charge in [0.25, 0.3) is 5.56 Å². The minimum Gasteiger partial charge on any atom is -0.486 e. The van der Waals surface area contributed by atoms with Gasteiger partial charge in [0.15, 0.2) is 15.9 Å². The fraction of sp³-hybridized carbons (Fsp3) is 0.222. The van der Waals surface area contributed by atoms with E-state index in [1.165, 1.54) is 23.1 Å². The summed E-state index contributed by atoms with van der Waals surface area (Å²) in [5.74, 6) is 2.09. The molecule has 0 atom stereocenters. The van der Waals surface area contributed by atoms with Crippen LogP contribution in [0.4, 0.5) is 0 Å². The van der Waals surface area contributed by atoms with E-state index in [4.69, 9.17) is 4.74 Å². The Morgan fingerprint density at radius 2 is 2.15 bits per heavy atom. The third kappa shape index (κ3) is 3.88. The van der Waals surface area contributed by atoms with E-state index in [-0.39, 0.29) is 5.56 Å². The highest BCUT2D eigenvalue weighted by molar-refractivity contribution is 7.98. The summed E-state index contributed by atoms with van der Waals surface area (Å²) in [6.07, 6.45) is 1.73. The zero-order valence-electron chi connectivity index (χ0n) is 14.8. The van der Waals surface area contributed by atoms with Crippen LogP contribution in [0, 0.1) is 6.92 Å². The van der Waals surface area contributed by atoms with Gasteiger partial charge in [-0.3, -0.25) is 9.20 Å². The number of hydrogen-bond acceptors (Lipinski definition) is 7. The number of aryl methyl sites for hydroxylation is 1. The molecular formula is C18H17N5O2S2. The second kappa shape index (κ2) is 7.53. The van der Waals surface area contributed by atoms with Crippen molar-refractivity contribution < 1.29 is 4.74 Å². The van der Waals surface area contributed by atoms with Gasteiger partial charge in [0.1, 0.15) is 12.4 Å². The first-order valence-corrected chi connectivity index (χ1v) is 10.1. The minimum atomic E-state index is -0.0675. The third-order valence-electron chi connectivity index (χ3n) is 3.99. The Bertz CT molecular complexity index is 1150. The van der Waals surface area contributed by atoms with Crippen molar-refractivity contribution in [2.75, 3.05) is 0 Å². The zero-order chi connectivity index (χ0) is 18.8. The number of thiazole rings is 1. The molecule has 0 amide bonds. The minimum absolute atomic E-state index is 0.0675. The lowest BCUT2D eigenvalue weighted by atomic mass is 10.2. The van der Waals surface area contributed by atoms with Gasteiger partial charge in [0, 0.05) is 30.4 Å². The van der Waals surface area contributed by atoms with Gasteiger partial charge in [0.05, 0.1) is 5.69 Å². The van der Waals surface area contributed by atoms with E-state index in [0.29, 0.717) is 17.3 Å². The Balaban J connectivity index is 1.43. The second-order valence-electron chi connectivity index (χ2n) is 5.99. The van der Waals surface area contributed by atoms with Crippen LogP contribution in [0.3, 0.4) is 0 Å². The number of ether oxygens (including phenoxy) is 1. The van der Waals surface area contributed by atoms with Crippen LogP contribution in [0.15, 0.2) is 51.9 Å². The number of hydrogen-bond donors (Lipinski definition) is 0. The van der Waals surface area contributed by atoms with Crippen LogP contribution in [-0.4, -0.2) is 24.1 Å². The van der Waals surface area contributed by atoms with Gasteiger partial charge in [-0.15, -0.1) is 21.5 Å². The van der Waals surface area contributed by atoms with Crippen molar-refractivity contribution in [3.05, 3.63) is 69.3 Å². The molecule has 4 rings (SSSR count). The van der Waals surface area contributed by atoms with Crippen molar-refractivity contribution >= 4 is 28.1 Å². The van der Waals surface area contributed by atoms with E-state index in [9.17, 15) is 4.79 Å². The molecule has 0 radical (unpaired) electrons. The molecule has 27 heavy (non-hydrogen) atoms. The molecule has 0 spiro atoms. The predicted molar refractivity (Wildman–Crippen MR) is 105 cm³/mol. The molecule has 0 fully saturated rings. The summed E-state index contributed by atoms with van der Waals surface area (Å²) < 4.78 is 9.24. The predicted octanol–water partition coefficient (Wildman–Crippen LogP) is 3.06. The summed E-state index contributed by atoms with van der Waals surface area (Å²) in [4.78, 5) is 17.3. The molecule has 1 aromatic carbocycles. The van der Waals surface area contributed by atoms with Gasteiger partial charge < -0.3 is 9.30 Å². The maximum absolute atomic E-state index is 12.1. The highest BCUT2D eigenvalue weighted by Gasteiger charge is 2.11. The van der Waals surface area contributed by atoms with Crippen molar-refractivity contribution in [1.82, 2.24) is 24.1 Å². The molecule has 0 unspecified atom stereocenters. The zero-order valence-corrected chi connectivity index (χ0v) is 16.5. The van der Waals surface area contributed by atoms with Gasteiger partial charge >= 0.3 is 0 Å². The molecule has 0 aliphatic heterocycles. The van der Waals surface area contributed by atoms with E-state index >= 15 is 0 Å². The highest BCUT2D eigenvalue weighted by atomic mass is 32.2. The molecule has 9 heteroatoms. The van der Waals surface area contributed by atoms with Crippen molar-refractivity contribution in [2.24, 2.45) is 7.05 Å². The second-order valence-corrected chi connectivity index (χ2v) is 7.81. The fourth-order valence-corrected chi connectivity index (χ4v) is 4.11. The largest absolute Gasteiger partial charge is 0.486 e. The first-order chi connectivity index (χ1) is 13.1. The standard InChI is InChI=1S/C18H17N5O2S2/c1-12-4-3-5-14(8-12)25-10-15-20-21-18(22(15)2)27-11-13-9-16(24)23-6-7-26-17(23)19-13/h3-9H,10-11H2,1-2H3. The van der Waals surface area contributed by atoms with Crippen LogP contribution in [0.2, 0.25) is 0 Å². The molecular weight excluding hydrogens is 382 g/mol. The van der Waals surface area contributed by atoms with Crippen molar-refractivity contribution in [2.45, 2.75) is 24.4 Å². The maximum atomic E-state index is 12.1. The average Bonchev–Trinajstić information content (AvgIpc) is 3.25. The molecule has 0 saturated heterocycles. The monoisotopic (exact) mass is 399 g/mol. The van der Waals surface area contributed by atoms with Crippen molar-refractivity contribution in [3.63, 3.8) is 0 Å². The Kier molecular flexibility index (Phi) is 4.95. The summed E-state index contributed by atoms with van der Waals surface area (Å²) >= 11 is 2.94. The number of thioether (sulfide) groups is 1. The third-order valence-corrected chi connectivity index (χ3v) is 5.80. The molecule has 0 N–H and O–H groups in total. The molecule has 3 aromatic heterocycles. The summed E-state index contributed by atoms with van der Waals surface area (Å²) in [6.45, 7) is 2.37. The van der Waals surface area contributed by atoms with Crippen molar-refractivity contribution in [3.8, 4) is 5.75 Å². The van der Waals surface area contributed by atoms with Crippen LogP contribution in [-0.2, 0) is 19.4 Å². The first kappa shape index (κ1) is 17.7.